The van der Waals surface area contributed by atoms with E-state index in [9.17, 15) is 13.2 Å². The quantitative estimate of drug-likeness (QED) is 0.816. The first-order valence-corrected chi connectivity index (χ1v) is 6.74. The standard InChI is InChI=1S/C13H9BrClF3N2/c14-11-5-10(15)7-20-12(11)19-6-8-2-1-3-9(4-8)13(16,17)18/h1-5,7H,6H2,(H,19,20). The maximum Gasteiger partial charge on any atom is 0.416 e. The third kappa shape index (κ3) is 3.86. The summed E-state index contributed by atoms with van der Waals surface area (Å²) in [4.78, 5) is 4.05. The van der Waals surface area contributed by atoms with Crippen molar-refractivity contribution < 1.29 is 13.2 Å². The van der Waals surface area contributed by atoms with E-state index >= 15 is 0 Å². The van der Waals surface area contributed by atoms with Crippen LogP contribution in [0.4, 0.5) is 19.0 Å². The molecule has 0 atom stereocenters. The predicted molar refractivity (Wildman–Crippen MR) is 75.7 cm³/mol. The van der Waals surface area contributed by atoms with Crippen molar-refractivity contribution in [1.82, 2.24) is 4.98 Å². The Balaban J connectivity index is 2.11. The van der Waals surface area contributed by atoms with Gasteiger partial charge in [-0.1, -0.05) is 23.7 Å². The lowest BCUT2D eigenvalue weighted by Crippen LogP contribution is -2.07. The molecule has 1 aromatic carbocycles. The maximum absolute atomic E-state index is 12.6. The van der Waals surface area contributed by atoms with Crippen LogP contribution in [0.1, 0.15) is 11.1 Å². The second kappa shape index (κ2) is 6.01. The first-order valence-electron chi connectivity index (χ1n) is 5.57. The molecule has 0 spiro atoms. The first-order chi connectivity index (χ1) is 9.36. The van der Waals surface area contributed by atoms with Crippen LogP contribution in [0.15, 0.2) is 41.0 Å². The van der Waals surface area contributed by atoms with Crippen LogP contribution in [0.3, 0.4) is 0 Å². The summed E-state index contributed by atoms with van der Waals surface area (Å²) >= 11 is 9.04. The molecule has 1 N–H and O–H groups in total. The molecule has 0 fully saturated rings. The van der Waals surface area contributed by atoms with Crippen molar-refractivity contribution in [3.8, 4) is 0 Å². The Hall–Kier alpha value is -1.27. The normalized spacial score (nSPS) is 11.4. The lowest BCUT2D eigenvalue weighted by molar-refractivity contribution is -0.137. The molecule has 2 aromatic rings. The zero-order valence-electron chi connectivity index (χ0n) is 10.0. The Labute approximate surface area is 127 Å². The molecule has 106 valence electrons. The minimum atomic E-state index is -4.34. The number of nitrogens with zero attached hydrogens (tertiary/aromatic N) is 1. The van der Waals surface area contributed by atoms with Crippen LogP contribution >= 0.6 is 27.5 Å². The number of halogens is 5. The number of hydrogen-bond acceptors (Lipinski definition) is 2. The topological polar surface area (TPSA) is 24.9 Å². The van der Waals surface area contributed by atoms with Gasteiger partial charge in [-0.05, 0) is 39.7 Å². The second-order valence-corrected chi connectivity index (χ2v) is 5.33. The van der Waals surface area contributed by atoms with Crippen LogP contribution < -0.4 is 5.32 Å². The zero-order chi connectivity index (χ0) is 14.8. The maximum atomic E-state index is 12.6. The Morgan fingerprint density at radius 3 is 2.65 bits per heavy atom. The predicted octanol–water partition coefficient (Wildman–Crippen LogP) is 5.13. The van der Waals surface area contributed by atoms with E-state index in [2.05, 4.69) is 26.2 Å². The molecule has 0 aliphatic heterocycles. The summed E-state index contributed by atoms with van der Waals surface area (Å²) < 4.78 is 38.4. The van der Waals surface area contributed by atoms with Crippen LogP contribution in [0.5, 0.6) is 0 Å². The van der Waals surface area contributed by atoms with Crippen LogP contribution in [-0.2, 0) is 12.7 Å². The van der Waals surface area contributed by atoms with Gasteiger partial charge in [0.25, 0.3) is 0 Å². The van der Waals surface area contributed by atoms with E-state index in [0.717, 1.165) is 12.1 Å². The molecule has 0 radical (unpaired) electrons. The van der Waals surface area contributed by atoms with Gasteiger partial charge in [0.2, 0.25) is 0 Å². The molecule has 0 saturated carbocycles. The summed E-state index contributed by atoms with van der Waals surface area (Å²) in [7, 11) is 0. The number of rotatable bonds is 3. The monoisotopic (exact) mass is 364 g/mol. The SMILES string of the molecule is FC(F)(F)c1cccc(CNc2ncc(Cl)cc2Br)c1. The molecule has 0 aliphatic rings. The fourth-order valence-electron chi connectivity index (χ4n) is 1.59. The van der Waals surface area contributed by atoms with Crippen molar-refractivity contribution in [2.45, 2.75) is 12.7 Å². The Morgan fingerprint density at radius 2 is 2.00 bits per heavy atom. The average molecular weight is 366 g/mol. The van der Waals surface area contributed by atoms with Gasteiger partial charge < -0.3 is 5.32 Å². The second-order valence-electron chi connectivity index (χ2n) is 4.04. The van der Waals surface area contributed by atoms with Crippen LogP contribution in [0, 0.1) is 0 Å². The number of benzene rings is 1. The van der Waals surface area contributed by atoms with Crippen LogP contribution in [0.25, 0.3) is 0 Å². The highest BCUT2D eigenvalue weighted by atomic mass is 79.9. The van der Waals surface area contributed by atoms with Gasteiger partial charge >= 0.3 is 6.18 Å². The smallest absolute Gasteiger partial charge is 0.365 e. The van der Waals surface area contributed by atoms with E-state index in [-0.39, 0.29) is 6.54 Å². The zero-order valence-corrected chi connectivity index (χ0v) is 12.4. The Morgan fingerprint density at radius 1 is 1.25 bits per heavy atom. The number of hydrogen-bond donors (Lipinski definition) is 1. The Bertz CT molecular complexity index is 617. The van der Waals surface area contributed by atoms with E-state index in [1.54, 1.807) is 12.1 Å². The number of pyridine rings is 1. The molecule has 2 rings (SSSR count). The molecule has 20 heavy (non-hydrogen) atoms. The molecule has 0 saturated heterocycles. The van der Waals surface area contributed by atoms with Crippen molar-refractivity contribution in [3.63, 3.8) is 0 Å². The van der Waals surface area contributed by atoms with Gasteiger partial charge in [0.1, 0.15) is 5.82 Å². The highest BCUT2D eigenvalue weighted by Gasteiger charge is 2.30. The fraction of sp³-hybridized carbons (Fsp3) is 0.154. The number of anilines is 1. The highest BCUT2D eigenvalue weighted by molar-refractivity contribution is 9.10. The summed E-state index contributed by atoms with van der Waals surface area (Å²) in [5.74, 6) is 0.520. The first kappa shape index (κ1) is 15.1. The number of nitrogens with one attached hydrogen (secondary N) is 1. The molecule has 0 unspecified atom stereocenters. The largest absolute Gasteiger partial charge is 0.416 e. The summed E-state index contributed by atoms with van der Waals surface area (Å²) in [6, 6.07) is 6.80. The van der Waals surface area contributed by atoms with E-state index in [4.69, 9.17) is 11.6 Å². The van der Waals surface area contributed by atoms with Gasteiger partial charge in [-0.3, -0.25) is 0 Å². The summed E-state index contributed by atoms with van der Waals surface area (Å²) in [5, 5.41) is 3.42. The van der Waals surface area contributed by atoms with Crippen LogP contribution in [0.2, 0.25) is 5.02 Å². The number of alkyl halides is 3. The summed E-state index contributed by atoms with van der Waals surface area (Å²) in [5.41, 5.74) is -0.150. The lowest BCUT2D eigenvalue weighted by atomic mass is 10.1. The van der Waals surface area contributed by atoms with Crippen molar-refractivity contribution in [1.29, 1.82) is 0 Å². The summed E-state index contributed by atoms with van der Waals surface area (Å²) in [6.45, 7) is 0.233. The van der Waals surface area contributed by atoms with E-state index in [0.29, 0.717) is 20.9 Å². The van der Waals surface area contributed by atoms with E-state index < -0.39 is 11.7 Å². The third-order valence-electron chi connectivity index (χ3n) is 2.52. The van der Waals surface area contributed by atoms with Gasteiger partial charge in [0.15, 0.2) is 0 Å². The van der Waals surface area contributed by atoms with Crippen molar-refractivity contribution in [3.05, 3.63) is 57.2 Å². The van der Waals surface area contributed by atoms with Gasteiger partial charge in [-0.2, -0.15) is 13.2 Å². The van der Waals surface area contributed by atoms with Crippen molar-refractivity contribution in [2.75, 3.05) is 5.32 Å². The fourth-order valence-corrected chi connectivity index (χ4v) is 2.37. The third-order valence-corrected chi connectivity index (χ3v) is 3.33. The minimum Gasteiger partial charge on any atom is -0.365 e. The average Bonchev–Trinajstić information content (AvgIpc) is 2.37. The summed E-state index contributed by atoms with van der Waals surface area (Å²) in [6.07, 6.45) is -2.88. The van der Waals surface area contributed by atoms with E-state index in [1.807, 2.05) is 0 Å². The molecule has 0 amide bonds. The molecule has 0 bridgehead atoms. The van der Waals surface area contributed by atoms with Crippen LogP contribution in [-0.4, -0.2) is 4.98 Å². The van der Waals surface area contributed by atoms with Gasteiger partial charge in [0, 0.05) is 12.7 Å². The number of aromatic nitrogens is 1. The minimum absolute atomic E-state index is 0.233. The van der Waals surface area contributed by atoms with E-state index in [1.165, 1.54) is 12.3 Å². The lowest BCUT2D eigenvalue weighted by Gasteiger charge is -2.10. The van der Waals surface area contributed by atoms with Gasteiger partial charge in [-0.15, -0.1) is 0 Å². The molecule has 0 aliphatic carbocycles. The Kier molecular flexibility index (Phi) is 4.55. The molecule has 2 nitrogen and oxygen atoms in total. The van der Waals surface area contributed by atoms with Gasteiger partial charge in [-0.25, -0.2) is 4.98 Å². The highest BCUT2D eigenvalue weighted by Crippen LogP contribution is 2.30. The van der Waals surface area contributed by atoms with Crippen molar-refractivity contribution >= 4 is 33.3 Å². The van der Waals surface area contributed by atoms with Crippen molar-refractivity contribution in [2.24, 2.45) is 0 Å². The molecule has 1 heterocycles. The van der Waals surface area contributed by atoms with Gasteiger partial charge in [0.05, 0.1) is 15.1 Å². The molecular formula is C13H9BrClF3N2. The molecule has 1 aromatic heterocycles. The molecule has 7 heteroatoms. The molecular weight excluding hydrogens is 357 g/mol.